The van der Waals surface area contributed by atoms with Crippen molar-refractivity contribution in [2.24, 2.45) is 11.7 Å². The molecule has 3 nitrogen and oxygen atoms in total. The Hall–Kier alpha value is -0.120. The first-order valence-corrected chi connectivity index (χ1v) is 8.17. The van der Waals surface area contributed by atoms with Crippen molar-refractivity contribution in [3.8, 4) is 0 Å². The Bertz CT molecular complexity index is 226. The van der Waals surface area contributed by atoms with Gasteiger partial charge in [-0.1, -0.05) is 26.7 Å². The first-order chi connectivity index (χ1) is 9.07. The Labute approximate surface area is 120 Å². The summed E-state index contributed by atoms with van der Waals surface area (Å²) < 4.78 is 0. The summed E-state index contributed by atoms with van der Waals surface area (Å²) in [5, 5.41) is 0. The fourth-order valence-corrected chi connectivity index (χ4v) is 3.81. The van der Waals surface area contributed by atoms with Gasteiger partial charge in [-0.2, -0.15) is 0 Å². The van der Waals surface area contributed by atoms with E-state index in [1.807, 2.05) is 0 Å². The van der Waals surface area contributed by atoms with E-state index in [0.717, 1.165) is 12.5 Å². The van der Waals surface area contributed by atoms with Crippen LogP contribution in [0.25, 0.3) is 0 Å². The molecule has 3 heteroatoms. The molecule has 0 atom stereocenters. The van der Waals surface area contributed by atoms with E-state index in [-0.39, 0.29) is 5.54 Å². The Morgan fingerprint density at radius 3 is 2.00 bits per heavy atom. The van der Waals surface area contributed by atoms with E-state index in [1.165, 1.54) is 58.2 Å². The predicted molar refractivity (Wildman–Crippen MR) is 84.5 cm³/mol. The van der Waals surface area contributed by atoms with Crippen LogP contribution in [0.5, 0.6) is 0 Å². The molecule has 0 aromatic carbocycles. The lowest BCUT2D eigenvalue weighted by Gasteiger charge is -2.47. The number of nitrogens with zero attached hydrogens (tertiary/aromatic N) is 2. The van der Waals surface area contributed by atoms with Gasteiger partial charge in [-0.15, -0.1) is 0 Å². The van der Waals surface area contributed by atoms with Crippen LogP contribution in [0, 0.1) is 5.92 Å². The highest BCUT2D eigenvalue weighted by atomic mass is 15.2. The molecule has 1 saturated heterocycles. The molecule has 1 heterocycles. The van der Waals surface area contributed by atoms with Crippen LogP contribution < -0.4 is 5.73 Å². The van der Waals surface area contributed by atoms with Gasteiger partial charge in [0.2, 0.25) is 0 Å². The maximum atomic E-state index is 6.18. The molecule has 0 aliphatic carbocycles. The highest BCUT2D eigenvalue weighted by Gasteiger charge is 2.35. The molecular weight excluding hydrogens is 234 g/mol. The van der Waals surface area contributed by atoms with Crippen LogP contribution >= 0.6 is 0 Å². The second-order valence-corrected chi connectivity index (χ2v) is 6.62. The second kappa shape index (κ2) is 8.23. The van der Waals surface area contributed by atoms with Gasteiger partial charge >= 0.3 is 0 Å². The van der Waals surface area contributed by atoms with Crippen molar-refractivity contribution in [1.82, 2.24) is 9.80 Å². The van der Waals surface area contributed by atoms with Crippen molar-refractivity contribution in [2.45, 2.75) is 57.9 Å². The normalized spacial score (nSPS) is 19.3. The number of piperidine rings is 1. The molecule has 114 valence electrons. The third-order valence-electron chi connectivity index (χ3n) is 4.72. The van der Waals surface area contributed by atoms with Crippen LogP contribution in [0.3, 0.4) is 0 Å². The minimum atomic E-state index is 0.284. The quantitative estimate of drug-likeness (QED) is 0.735. The lowest BCUT2D eigenvalue weighted by molar-refractivity contribution is 0.0359. The summed E-state index contributed by atoms with van der Waals surface area (Å²) in [6.07, 6.45) is 7.69. The summed E-state index contributed by atoms with van der Waals surface area (Å²) in [5.74, 6) is 0.880. The fraction of sp³-hybridized carbons (Fsp3) is 1.00. The smallest absolute Gasteiger partial charge is 0.0331 e. The van der Waals surface area contributed by atoms with Crippen LogP contribution in [0.4, 0.5) is 0 Å². The number of hydrogen-bond donors (Lipinski definition) is 1. The van der Waals surface area contributed by atoms with Crippen molar-refractivity contribution < 1.29 is 0 Å². The molecule has 2 N–H and O–H groups in total. The van der Waals surface area contributed by atoms with Crippen molar-refractivity contribution in [1.29, 1.82) is 0 Å². The van der Waals surface area contributed by atoms with Crippen molar-refractivity contribution in [2.75, 3.05) is 40.3 Å². The van der Waals surface area contributed by atoms with Gasteiger partial charge in [-0.05, 0) is 58.8 Å². The Kier molecular flexibility index (Phi) is 7.33. The van der Waals surface area contributed by atoms with Crippen molar-refractivity contribution >= 4 is 0 Å². The maximum absolute atomic E-state index is 6.18. The molecule has 0 unspecified atom stereocenters. The van der Waals surface area contributed by atoms with E-state index in [4.69, 9.17) is 5.73 Å². The van der Waals surface area contributed by atoms with E-state index in [1.54, 1.807) is 0 Å². The molecular formula is C16H35N3. The summed E-state index contributed by atoms with van der Waals surface area (Å²) in [6, 6.07) is 0. The van der Waals surface area contributed by atoms with E-state index in [2.05, 4.69) is 37.7 Å². The van der Waals surface area contributed by atoms with Gasteiger partial charge in [0.05, 0.1) is 0 Å². The predicted octanol–water partition coefficient (Wildman–Crippen LogP) is 2.56. The molecule has 1 aliphatic rings. The Morgan fingerprint density at radius 1 is 1.11 bits per heavy atom. The number of nitrogens with two attached hydrogens (primary N) is 1. The maximum Gasteiger partial charge on any atom is 0.0331 e. The first-order valence-electron chi connectivity index (χ1n) is 8.17. The van der Waals surface area contributed by atoms with Crippen LogP contribution in [0.15, 0.2) is 0 Å². The van der Waals surface area contributed by atoms with Gasteiger partial charge in [0.25, 0.3) is 0 Å². The average Bonchev–Trinajstić information content (AvgIpc) is 2.38. The topological polar surface area (TPSA) is 32.5 Å². The molecule has 0 aromatic rings. The summed E-state index contributed by atoms with van der Waals surface area (Å²) in [5.41, 5.74) is 6.46. The zero-order valence-corrected chi connectivity index (χ0v) is 13.6. The molecule has 1 aliphatic heterocycles. The Morgan fingerprint density at radius 2 is 1.63 bits per heavy atom. The SMILES string of the molecule is CCCC(CN)(CCC)N1CCC(CN(C)C)CC1. The van der Waals surface area contributed by atoms with Gasteiger partial charge in [0, 0.05) is 18.6 Å². The van der Waals surface area contributed by atoms with Gasteiger partial charge in [0.1, 0.15) is 0 Å². The first kappa shape index (κ1) is 16.9. The lowest BCUT2D eigenvalue weighted by atomic mass is 9.83. The largest absolute Gasteiger partial charge is 0.329 e. The van der Waals surface area contributed by atoms with Crippen LogP contribution in [-0.2, 0) is 0 Å². The van der Waals surface area contributed by atoms with Crippen molar-refractivity contribution in [3.05, 3.63) is 0 Å². The monoisotopic (exact) mass is 269 g/mol. The third-order valence-corrected chi connectivity index (χ3v) is 4.72. The van der Waals surface area contributed by atoms with Crippen molar-refractivity contribution in [3.63, 3.8) is 0 Å². The molecule has 1 fully saturated rings. The number of rotatable bonds is 8. The average molecular weight is 269 g/mol. The summed E-state index contributed by atoms with van der Waals surface area (Å²) in [4.78, 5) is 5.04. The number of hydrogen-bond acceptors (Lipinski definition) is 3. The Balaban J connectivity index is 2.58. The fourth-order valence-electron chi connectivity index (χ4n) is 3.81. The van der Waals surface area contributed by atoms with E-state index >= 15 is 0 Å². The van der Waals surface area contributed by atoms with Gasteiger partial charge in [0.15, 0.2) is 0 Å². The third kappa shape index (κ3) is 4.73. The van der Waals surface area contributed by atoms with Crippen LogP contribution in [0.2, 0.25) is 0 Å². The summed E-state index contributed by atoms with van der Waals surface area (Å²) >= 11 is 0. The molecule has 0 aromatic heterocycles. The van der Waals surface area contributed by atoms with Gasteiger partial charge < -0.3 is 10.6 Å². The highest BCUT2D eigenvalue weighted by molar-refractivity contribution is 4.93. The van der Waals surface area contributed by atoms with E-state index in [0.29, 0.717) is 0 Å². The molecule has 0 amide bonds. The zero-order chi connectivity index (χ0) is 14.3. The lowest BCUT2D eigenvalue weighted by Crippen LogP contribution is -2.56. The van der Waals surface area contributed by atoms with Gasteiger partial charge in [-0.25, -0.2) is 0 Å². The molecule has 0 radical (unpaired) electrons. The molecule has 1 rings (SSSR count). The number of likely N-dealkylation sites (tertiary alicyclic amines) is 1. The molecule has 0 bridgehead atoms. The van der Waals surface area contributed by atoms with E-state index in [9.17, 15) is 0 Å². The minimum Gasteiger partial charge on any atom is -0.329 e. The van der Waals surface area contributed by atoms with Crippen LogP contribution in [0.1, 0.15) is 52.4 Å². The standard InChI is InChI=1S/C16H35N3/c1-5-9-16(14-17,10-6-2)19-11-7-15(8-12-19)13-18(3)4/h15H,5-14,17H2,1-4H3. The zero-order valence-electron chi connectivity index (χ0n) is 13.6. The minimum absolute atomic E-state index is 0.284. The molecule has 0 spiro atoms. The molecule has 0 saturated carbocycles. The highest BCUT2D eigenvalue weighted by Crippen LogP contribution is 2.31. The van der Waals surface area contributed by atoms with E-state index < -0.39 is 0 Å². The van der Waals surface area contributed by atoms with Gasteiger partial charge in [-0.3, -0.25) is 4.90 Å². The second-order valence-electron chi connectivity index (χ2n) is 6.62. The molecule has 19 heavy (non-hydrogen) atoms. The summed E-state index contributed by atoms with van der Waals surface area (Å²) in [6.45, 7) is 9.14. The van der Waals surface area contributed by atoms with Crippen LogP contribution in [-0.4, -0.2) is 55.6 Å². The summed E-state index contributed by atoms with van der Waals surface area (Å²) in [7, 11) is 4.37.